The van der Waals surface area contributed by atoms with Gasteiger partial charge in [0.05, 0.1) is 19.1 Å². The lowest BCUT2D eigenvalue weighted by Gasteiger charge is -2.08. The molecule has 2 N–H and O–H groups in total. The maximum atomic E-state index is 11.2. The molecule has 88 valence electrons. The number of benzene rings is 1. The minimum absolute atomic E-state index is 0.114. The Labute approximate surface area is 95.2 Å². The highest BCUT2D eigenvalue weighted by molar-refractivity contribution is 5.75. The third-order valence-electron chi connectivity index (χ3n) is 1.94. The Kier molecular flexibility index (Phi) is 5.36. The van der Waals surface area contributed by atoms with Gasteiger partial charge in [-0.1, -0.05) is 18.2 Å². The monoisotopic (exact) mass is 223 g/mol. The molecule has 1 aromatic rings. The molecule has 1 atom stereocenters. The highest BCUT2D eigenvalue weighted by Gasteiger charge is 2.02. The van der Waals surface area contributed by atoms with Crippen LogP contribution in [-0.2, 0) is 4.79 Å². The predicted molar refractivity (Wildman–Crippen MR) is 61.2 cm³/mol. The molecule has 16 heavy (non-hydrogen) atoms. The predicted octanol–water partition coefficient (Wildman–Crippen LogP) is 0.952. The molecule has 0 saturated heterocycles. The molecule has 0 aromatic heterocycles. The van der Waals surface area contributed by atoms with Crippen LogP contribution in [0.1, 0.15) is 13.3 Å². The van der Waals surface area contributed by atoms with E-state index in [2.05, 4.69) is 5.32 Å². The Hall–Kier alpha value is -1.55. The number of carbonyl (C=O) groups is 1. The van der Waals surface area contributed by atoms with E-state index in [4.69, 9.17) is 9.84 Å². The summed E-state index contributed by atoms with van der Waals surface area (Å²) in [7, 11) is 0. The van der Waals surface area contributed by atoms with Crippen LogP contribution in [0.2, 0.25) is 0 Å². The van der Waals surface area contributed by atoms with E-state index in [1.807, 2.05) is 30.3 Å². The first-order chi connectivity index (χ1) is 7.68. The molecule has 1 rings (SSSR count). The maximum absolute atomic E-state index is 11.2. The second-order valence-electron chi connectivity index (χ2n) is 3.56. The Morgan fingerprint density at radius 1 is 1.44 bits per heavy atom. The number of aliphatic hydroxyl groups is 1. The van der Waals surface area contributed by atoms with Crippen LogP contribution in [0.5, 0.6) is 5.75 Å². The van der Waals surface area contributed by atoms with Crippen LogP contribution in [-0.4, -0.2) is 30.3 Å². The highest BCUT2D eigenvalue weighted by Crippen LogP contribution is 2.08. The van der Waals surface area contributed by atoms with Crippen LogP contribution < -0.4 is 10.1 Å². The second-order valence-corrected chi connectivity index (χ2v) is 3.56. The first-order valence-corrected chi connectivity index (χ1v) is 5.31. The van der Waals surface area contributed by atoms with E-state index in [1.165, 1.54) is 0 Å². The molecule has 0 saturated carbocycles. The Balaban J connectivity index is 2.13. The van der Waals surface area contributed by atoms with Crippen LogP contribution in [0.25, 0.3) is 0 Å². The van der Waals surface area contributed by atoms with E-state index in [9.17, 15) is 4.79 Å². The molecule has 0 unspecified atom stereocenters. The second kappa shape index (κ2) is 6.85. The molecular formula is C12H17NO3. The summed E-state index contributed by atoms with van der Waals surface area (Å²) in [6, 6.07) is 9.34. The Bertz CT molecular complexity index is 311. The minimum atomic E-state index is -0.515. The van der Waals surface area contributed by atoms with E-state index in [-0.39, 0.29) is 12.5 Å². The number of para-hydroxylation sites is 1. The summed E-state index contributed by atoms with van der Waals surface area (Å²) in [6.45, 7) is 2.25. The standard InChI is InChI=1S/C12H17NO3/c1-10(14)9-13-12(15)7-8-16-11-5-3-2-4-6-11/h2-6,10,14H,7-9H2,1H3,(H,13,15)/t10-/m1/s1. The lowest BCUT2D eigenvalue weighted by atomic mass is 10.3. The van der Waals surface area contributed by atoms with Gasteiger partial charge >= 0.3 is 0 Å². The molecule has 0 aliphatic carbocycles. The van der Waals surface area contributed by atoms with Gasteiger partial charge < -0.3 is 15.2 Å². The number of hydrogen-bond acceptors (Lipinski definition) is 3. The van der Waals surface area contributed by atoms with Crippen molar-refractivity contribution in [2.45, 2.75) is 19.4 Å². The molecule has 0 aliphatic rings. The maximum Gasteiger partial charge on any atom is 0.223 e. The summed E-state index contributed by atoms with van der Waals surface area (Å²) in [5, 5.41) is 11.6. The van der Waals surface area contributed by atoms with Crippen LogP contribution in [0, 0.1) is 0 Å². The van der Waals surface area contributed by atoms with E-state index in [1.54, 1.807) is 6.92 Å². The van der Waals surface area contributed by atoms with Gasteiger partial charge in [-0.25, -0.2) is 0 Å². The zero-order valence-corrected chi connectivity index (χ0v) is 9.35. The van der Waals surface area contributed by atoms with Crippen molar-refractivity contribution in [3.63, 3.8) is 0 Å². The normalized spacial score (nSPS) is 11.9. The number of hydrogen-bond donors (Lipinski definition) is 2. The average Bonchev–Trinajstić information content (AvgIpc) is 2.28. The first-order valence-electron chi connectivity index (χ1n) is 5.31. The summed E-state index contributed by atoms with van der Waals surface area (Å²) in [4.78, 5) is 11.2. The highest BCUT2D eigenvalue weighted by atomic mass is 16.5. The largest absolute Gasteiger partial charge is 0.493 e. The van der Waals surface area contributed by atoms with E-state index >= 15 is 0 Å². The van der Waals surface area contributed by atoms with Gasteiger partial charge in [-0.3, -0.25) is 4.79 Å². The lowest BCUT2D eigenvalue weighted by molar-refractivity contribution is -0.122. The van der Waals surface area contributed by atoms with E-state index in [0.29, 0.717) is 13.0 Å². The fourth-order valence-corrected chi connectivity index (χ4v) is 1.13. The molecule has 0 fully saturated rings. The first kappa shape index (κ1) is 12.5. The lowest BCUT2D eigenvalue weighted by Crippen LogP contribution is -2.31. The van der Waals surface area contributed by atoms with Crippen molar-refractivity contribution in [3.05, 3.63) is 30.3 Å². The summed E-state index contributed by atoms with van der Waals surface area (Å²) in [6.07, 6.45) is -0.222. The van der Waals surface area contributed by atoms with Crippen LogP contribution in [0.3, 0.4) is 0 Å². The van der Waals surface area contributed by atoms with Crippen molar-refractivity contribution in [2.24, 2.45) is 0 Å². The van der Waals surface area contributed by atoms with Crippen LogP contribution in [0.15, 0.2) is 30.3 Å². The van der Waals surface area contributed by atoms with Gasteiger partial charge in [-0.05, 0) is 19.1 Å². The molecule has 0 radical (unpaired) electrons. The number of rotatable bonds is 6. The molecule has 1 aromatic carbocycles. The third-order valence-corrected chi connectivity index (χ3v) is 1.94. The molecule has 4 heteroatoms. The summed E-state index contributed by atoms with van der Waals surface area (Å²) in [5.41, 5.74) is 0. The summed E-state index contributed by atoms with van der Waals surface area (Å²) in [5.74, 6) is 0.641. The van der Waals surface area contributed by atoms with Crippen molar-refractivity contribution < 1.29 is 14.6 Å². The van der Waals surface area contributed by atoms with Gasteiger partial charge in [0.2, 0.25) is 5.91 Å². The molecular weight excluding hydrogens is 206 g/mol. The molecule has 1 amide bonds. The number of nitrogens with one attached hydrogen (secondary N) is 1. The van der Waals surface area contributed by atoms with E-state index in [0.717, 1.165) is 5.75 Å². The van der Waals surface area contributed by atoms with Gasteiger partial charge in [0, 0.05) is 6.54 Å². The molecule has 4 nitrogen and oxygen atoms in total. The number of amides is 1. The fourth-order valence-electron chi connectivity index (χ4n) is 1.13. The summed E-state index contributed by atoms with van der Waals surface area (Å²) >= 11 is 0. The SMILES string of the molecule is C[C@@H](O)CNC(=O)CCOc1ccccc1. The van der Waals surface area contributed by atoms with Crippen molar-refractivity contribution in [3.8, 4) is 5.75 Å². The number of ether oxygens (including phenoxy) is 1. The van der Waals surface area contributed by atoms with Crippen molar-refractivity contribution >= 4 is 5.91 Å². The van der Waals surface area contributed by atoms with Gasteiger partial charge in [-0.15, -0.1) is 0 Å². The van der Waals surface area contributed by atoms with Gasteiger partial charge in [-0.2, -0.15) is 0 Å². The van der Waals surface area contributed by atoms with Gasteiger partial charge in [0.25, 0.3) is 0 Å². The van der Waals surface area contributed by atoms with Gasteiger partial charge in [0.1, 0.15) is 5.75 Å². The van der Waals surface area contributed by atoms with Crippen molar-refractivity contribution in [2.75, 3.05) is 13.2 Å². The fraction of sp³-hybridized carbons (Fsp3) is 0.417. The van der Waals surface area contributed by atoms with Gasteiger partial charge in [0.15, 0.2) is 0 Å². The van der Waals surface area contributed by atoms with Crippen molar-refractivity contribution in [1.29, 1.82) is 0 Å². The Morgan fingerprint density at radius 3 is 2.75 bits per heavy atom. The molecule has 0 spiro atoms. The van der Waals surface area contributed by atoms with Crippen LogP contribution >= 0.6 is 0 Å². The number of aliphatic hydroxyl groups excluding tert-OH is 1. The summed E-state index contributed by atoms with van der Waals surface area (Å²) < 4.78 is 5.36. The smallest absolute Gasteiger partial charge is 0.223 e. The molecule has 0 aliphatic heterocycles. The minimum Gasteiger partial charge on any atom is -0.493 e. The Morgan fingerprint density at radius 2 is 2.12 bits per heavy atom. The average molecular weight is 223 g/mol. The quantitative estimate of drug-likeness (QED) is 0.755. The van der Waals surface area contributed by atoms with E-state index < -0.39 is 6.10 Å². The zero-order valence-electron chi connectivity index (χ0n) is 9.35. The number of carbonyl (C=O) groups excluding carboxylic acids is 1. The molecule has 0 heterocycles. The van der Waals surface area contributed by atoms with Crippen molar-refractivity contribution in [1.82, 2.24) is 5.32 Å². The zero-order chi connectivity index (χ0) is 11.8. The molecule has 0 bridgehead atoms. The van der Waals surface area contributed by atoms with Crippen LogP contribution in [0.4, 0.5) is 0 Å². The topological polar surface area (TPSA) is 58.6 Å². The third kappa shape index (κ3) is 5.36.